The van der Waals surface area contributed by atoms with Gasteiger partial charge in [-0.2, -0.15) is 0 Å². The second-order valence-corrected chi connectivity index (χ2v) is 4.45. The number of aromatic nitrogens is 4. The number of nitrogens with zero attached hydrogens (tertiary/aromatic N) is 4. The van der Waals surface area contributed by atoms with E-state index in [0.29, 0.717) is 12.3 Å². The van der Waals surface area contributed by atoms with Gasteiger partial charge in [0, 0.05) is 31.4 Å². The van der Waals surface area contributed by atoms with Gasteiger partial charge < -0.3 is 9.30 Å². The van der Waals surface area contributed by atoms with Crippen LogP contribution in [0.15, 0.2) is 24.8 Å². The Morgan fingerprint density at radius 1 is 1.40 bits per heavy atom. The summed E-state index contributed by atoms with van der Waals surface area (Å²) in [5, 5.41) is 0. The SMILES string of the molecule is CCCn1ccnc1CC(NN)c1cc(OC)ncn1. The van der Waals surface area contributed by atoms with Gasteiger partial charge in [0.15, 0.2) is 0 Å². The fourth-order valence-electron chi connectivity index (χ4n) is 2.06. The molecular formula is C13H20N6O. The van der Waals surface area contributed by atoms with E-state index in [1.807, 2.05) is 6.20 Å². The molecule has 7 heteroatoms. The molecule has 0 fully saturated rings. The Bertz CT molecular complexity index is 541. The molecule has 108 valence electrons. The molecule has 2 heterocycles. The number of rotatable bonds is 7. The number of methoxy groups -OCH3 is 1. The summed E-state index contributed by atoms with van der Waals surface area (Å²) >= 11 is 0. The zero-order valence-corrected chi connectivity index (χ0v) is 11.8. The fourth-order valence-corrected chi connectivity index (χ4v) is 2.06. The molecule has 0 amide bonds. The Hall–Kier alpha value is -1.99. The summed E-state index contributed by atoms with van der Waals surface area (Å²) in [6.45, 7) is 3.08. The Morgan fingerprint density at radius 2 is 2.25 bits per heavy atom. The third-order valence-electron chi connectivity index (χ3n) is 3.08. The maximum Gasteiger partial charge on any atom is 0.216 e. The fraction of sp³-hybridized carbons (Fsp3) is 0.462. The van der Waals surface area contributed by atoms with Crippen LogP contribution in [-0.4, -0.2) is 26.6 Å². The van der Waals surface area contributed by atoms with Crippen LogP contribution < -0.4 is 16.0 Å². The number of nitrogens with two attached hydrogens (primary N) is 1. The van der Waals surface area contributed by atoms with Crippen LogP contribution in [0.2, 0.25) is 0 Å². The molecule has 0 aliphatic carbocycles. The number of hydrogen-bond donors (Lipinski definition) is 2. The lowest BCUT2D eigenvalue weighted by Gasteiger charge is -2.16. The van der Waals surface area contributed by atoms with Crippen LogP contribution in [-0.2, 0) is 13.0 Å². The van der Waals surface area contributed by atoms with Crippen LogP contribution in [0, 0.1) is 0 Å². The van der Waals surface area contributed by atoms with Gasteiger partial charge in [0.1, 0.15) is 12.2 Å². The minimum Gasteiger partial charge on any atom is -0.481 e. The number of nitrogens with one attached hydrogen (secondary N) is 1. The van der Waals surface area contributed by atoms with E-state index >= 15 is 0 Å². The van der Waals surface area contributed by atoms with Crippen molar-refractivity contribution in [1.82, 2.24) is 24.9 Å². The maximum absolute atomic E-state index is 5.65. The van der Waals surface area contributed by atoms with Crippen molar-refractivity contribution in [1.29, 1.82) is 0 Å². The van der Waals surface area contributed by atoms with E-state index in [9.17, 15) is 0 Å². The van der Waals surface area contributed by atoms with E-state index in [1.165, 1.54) is 6.33 Å². The minimum absolute atomic E-state index is 0.134. The molecular weight excluding hydrogens is 256 g/mol. The second kappa shape index (κ2) is 6.97. The van der Waals surface area contributed by atoms with Crippen molar-refractivity contribution in [3.63, 3.8) is 0 Å². The molecule has 0 spiro atoms. The number of aryl methyl sites for hydroxylation is 1. The molecule has 1 atom stereocenters. The van der Waals surface area contributed by atoms with Crippen molar-refractivity contribution in [3.05, 3.63) is 36.3 Å². The summed E-state index contributed by atoms with van der Waals surface area (Å²) in [6.07, 6.45) is 6.97. The molecule has 0 saturated carbocycles. The van der Waals surface area contributed by atoms with Crippen molar-refractivity contribution in [2.75, 3.05) is 7.11 Å². The minimum atomic E-state index is -0.134. The summed E-state index contributed by atoms with van der Waals surface area (Å²) in [4.78, 5) is 12.6. The van der Waals surface area contributed by atoms with Crippen molar-refractivity contribution < 1.29 is 4.74 Å². The maximum atomic E-state index is 5.65. The zero-order valence-electron chi connectivity index (χ0n) is 11.8. The standard InChI is InChI=1S/C13H20N6O/c1-3-5-19-6-4-15-12(19)7-11(18-14)10-8-13(20-2)17-9-16-10/h4,6,8-9,11,18H,3,5,7,14H2,1-2H3. The summed E-state index contributed by atoms with van der Waals surface area (Å²) in [5.41, 5.74) is 3.56. The van der Waals surface area contributed by atoms with Gasteiger partial charge in [0.05, 0.1) is 18.8 Å². The molecule has 20 heavy (non-hydrogen) atoms. The highest BCUT2D eigenvalue weighted by molar-refractivity contribution is 5.17. The first-order valence-corrected chi connectivity index (χ1v) is 6.60. The van der Waals surface area contributed by atoms with Crippen LogP contribution in [0.4, 0.5) is 0 Å². The molecule has 1 unspecified atom stereocenters. The molecule has 0 aliphatic heterocycles. The molecule has 7 nitrogen and oxygen atoms in total. The number of hydrazine groups is 1. The zero-order chi connectivity index (χ0) is 14.4. The van der Waals surface area contributed by atoms with Gasteiger partial charge in [-0.15, -0.1) is 0 Å². The highest BCUT2D eigenvalue weighted by Crippen LogP contribution is 2.17. The van der Waals surface area contributed by atoms with Gasteiger partial charge in [0.2, 0.25) is 5.88 Å². The second-order valence-electron chi connectivity index (χ2n) is 4.45. The van der Waals surface area contributed by atoms with Crippen LogP contribution >= 0.6 is 0 Å². The molecule has 2 aromatic rings. The molecule has 0 bridgehead atoms. The third kappa shape index (κ3) is 3.31. The Morgan fingerprint density at radius 3 is 2.95 bits per heavy atom. The number of hydrogen-bond acceptors (Lipinski definition) is 6. The van der Waals surface area contributed by atoms with Crippen molar-refractivity contribution in [2.24, 2.45) is 5.84 Å². The van der Waals surface area contributed by atoms with E-state index in [-0.39, 0.29) is 6.04 Å². The van der Waals surface area contributed by atoms with Gasteiger partial charge in [-0.05, 0) is 6.42 Å². The first kappa shape index (κ1) is 14.4. The molecule has 0 aromatic carbocycles. The molecule has 0 radical (unpaired) electrons. The summed E-state index contributed by atoms with van der Waals surface area (Å²) < 4.78 is 7.23. The van der Waals surface area contributed by atoms with E-state index in [1.54, 1.807) is 19.4 Å². The molecule has 2 rings (SSSR count). The quantitative estimate of drug-likeness (QED) is 0.575. The van der Waals surface area contributed by atoms with Crippen LogP contribution in [0.1, 0.15) is 30.9 Å². The van der Waals surface area contributed by atoms with E-state index in [0.717, 1.165) is 24.5 Å². The predicted molar refractivity (Wildman–Crippen MR) is 74.9 cm³/mol. The number of imidazole rings is 1. The van der Waals surface area contributed by atoms with Crippen molar-refractivity contribution >= 4 is 0 Å². The number of ether oxygens (including phenoxy) is 1. The third-order valence-corrected chi connectivity index (χ3v) is 3.08. The van der Waals surface area contributed by atoms with E-state index < -0.39 is 0 Å². The normalized spacial score (nSPS) is 12.3. The average Bonchev–Trinajstić information content (AvgIpc) is 2.92. The van der Waals surface area contributed by atoms with Gasteiger partial charge in [-0.3, -0.25) is 11.3 Å². The van der Waals surface area contributed by atoms with Gasteiger partial charge in [-0.1, -0.05) is 6.92 Å². The van der Waals surface area contributed by atoms with Crippen LogP contribution in [0.5, 0.6) is 5.88 Å². The average molecular weight is 276 g/mol. The van der Waals surface area contributed by atoms with E-state index in [4.69, 9.17) is 10.6 Å². The van der Waals surface area contributed by atoms with Crippen LogP contribution in [0.25, 0.3) is 0 Å². The van der Waals surface area contributed by atoms with Gasteiger partial charge in [-0.25, -0.2) is 15.0 Å². The lowest BCUT2D eigenvalue weighted by molar-refractivity contribution is 0.393. The van der Waals surface area contributed by atoms with E-state index in [2.05, 4.69) is 31.9 Å². The Balaban J connectivity index is 2.17. The van der Waals surface area contributed by atoms with Crippen molar-refractivity contribution in [3.8, 4) is 5.88 Å². The van der Waals surface area contributed by atoms with Crippen molar-refractivity contribution in [2.45, 2.75) is 32.4 Å². The summed E-state index contributed by atoms with van der Waals surface area (Å²) in [7, 11) is 1.57. The van der Waals surface area contributed by atoms with Gasteiger partial charge in [0.25, 0.3) is 0 Å². The summed E-state index contributed by atoms with van der Waals surface area (Å²) in [5.74, 6) is 7.15. The molecule has 0 saturated heterocycles. The Kier molecular flexibility index (Phi) is 5.03. The largest absolute Gasteiger partial charge is 0.481 e. The highest BCUT2D eigenvalue weighted by Gasteiger charge is 2.16. The first-order chi connectivity index (χ1) is 9.78. The van der Waals surface area contributed by atoms with Gasteiger partial charge >= 0.3 is 0 Å². The lowest BCUT2D eigenvalue weighted by atomic mass is 10.1. The monoisotopic (exact) mass is 276 g/mol. The first-order valence-electron chi connectivity index (χ1n) is 6.60. The lowest BCUT2D eigenvalue weighted by Crippen LogP contribution is -2.31. The van der Waals surface area contributed by atoms with Crippen LogP contribution in [0.3, 0.4) is 0 Å². The highest BCUT2D eigenvalue weighted by atomic mass is 16.5. The topological polar surface area (TPSA) is 90.9 Å². The Labute approximate surface area is 118 Å². The molecule has 0 aliphatic rings. The predicted octanol–water partition coefficient (Wildman–Crippen LogP) is 0.839. The molecule has 2 aromatic heterocycles. The smallest absolute Gasteiger partial charge is 0.216 e. The summed E-state index contributed by atoms with van der Waals surface area (Å²) in [6, 6.07) is 1.64. The molecule has 3 N–H and O–H groups in total.